The molecule has 0 atom stereocenters. The molecule has 10 nitrogen and oxygen atoms in total. The zero-order chi connectivity index (χ0) is 28.0. The van der Waals surface area contributed by atoms with E-state index in [1.807, 2.05) is 35.2 Å². The normalized spacial score (nSPS) is 16.3. The minimum atomic E-state index is -1.26. The molecule has 39 heavy (non-hydrogen) atoms. The van der Waals surface area contributed by atoms with Crippen LogP contribution in [0, 0.1) is 5.92 Å². The number of carbonyl (C=O) groups is 3. The van der Waals surface area contributed by atoms with Crippen molar-refractivity contribution in [2.75, 3.05) is 56.2 Å². The maximum absolute atomic E-state index is 13.3. The number of amides is 1. The number of carboxylic acid groups (broad SMARTS) is 2. The van der Waals surface area contributed by atoms with Crippen molar-refractivity contribution in [1.29, 1.82) is 0 Å². The van der Waals surface area contributed by atoms with Crippen molar-refractivity contribution in [2.45, 2.75) is 32.1 Å². The summed E-state index contributed by atoms with van der Waals surface area (Å²) < 4.78 is 5.53. The van der Waals surface area contributed by atoms with Crippen LogP contribution in [-0.2, 0) is 14.4 Å². The van der Waals surface area contributed by atoms with Crippen LogP contribution in [0.5, 0.6) is 5.75 Å². The summed E-state index contributed by atoms with van der Waals surface area (Å²) in [7, 11) is 1.73. The van der Waals surface area contributed by atoms with Crippen molar-refractivity contribution in [2.24, 2.45) is 5.92 Å². The molecule has 1 amide bonds. The second-order valence-corrected chi connectivity index (χ2v) is 9.52. The Hall–Kier alpha value is -3.92. The molecular formula is C29H38N4O6. The van der Waals surface area contributed by atoms with E-state index in [4.69, 9.17) is 14.9 Å². The lowest BCUT2D eigenvalue weighted by molar-refractivity contribution is -0.134. The first-order chi connectivity index (χ1) is 18.9. The highest BCUT2D eigenvalue weighted by Crippen LogP contribution is 2.29. The number of aromatic nitrogens is 1. The fraction of sp³-hybridized carbons (Fsp3) is 0.448. The van der Waals surface area contributed by atoms with Crippen LogP contribution in [-0.4, -0.2) is 84.3 Å². The summed E-state index contributed by atoms with van der Waals surface area (Å²) in [6, 6.07) is 14.0. The highest BCUT2D eigenvalue weighted by molar-refractivity contribution is 5.94. The van der Waals surface area contributed by atoms with Crippen LogP contribution in [0.4, 0.5) is 11.5 Å². The average molecular weight is 539 g/mol. The number of piperazine rings is 1. The molecule has 2 N–H and O–H groups in total. The maximum Gasteiger partial charge on any atom is 0.328 e. The number of hydrogen-bond donors (Lipinski definition) is 2. The predicted octanol–water partition coefficient (Wildman–Crippen LogP) is 3.54. The second kappa shape index (κ2) is 15.5. The minimum absolute atomic E-state index is 0.151. The molecule has 1 aliphatic carbocycles. The number of anilines is 2. The van der Waals surface area contributed by atoms with Gasteiger partial charge in [0.2, 0.25) is 5.91 Å². The molecule has 2 aliphatic rings. The fourth-order valence-electron chi connectivity index (χ4n) is 4.91. The van der Waals surface area contributed by atoms with E-state index in [0.29, 0.717) is 18.7 Å². The van der Waals surface area contributed by atoms with Gasteiger partial charge >= 0.3 is 11.9 Å². The number of carbonyl (C=O) groups excluding carboxylic acids is 1. The smallest absolute Gasteiger partial charge is 0.328 e. The van der Waals surface area contributed by atoms with E-state index in [1.165, 1.54) is 6.42 Å². The molecule has 0 bridgehead atoms. The molecule has 10 heteroatoms. The monoisotopic (exact) mass is 538 g/mol. The first-order valence-electron chi connectivity index (χ1n) is 13.4. The molecule has 2 fully saturated rings. The molecule has 2 heterocycles. The lowest BCUT2D eigenvalue weighted by Gasteiger charge is -2.37. The van der Waals surface area contributed by atoms with E-state index in [2.05, 4.69) is 26.9 Å². The van der Waals surface area contributed by atoms with Crippen molar-refractivity contribution in [3.8, 4) is 5.75 Å². The van der Waals surface area contributed by atoms with Crippen LogP contribution >= 0.6 is 0 Å². The minimum Gasteiger partial charge on any atom is -0.495 e. The van der Waals surface area contributed by atoms with Crippen LogP contribution in [0.2, 0.25) is 0 Å². The van der Waals surface area contributed by atoms with Crippen LogP contribution in [0.15, 0.2) is 60.8 Å². The average Bonchev–Trinajstić information content (AvgIpc) is 2.98. The molecule has 2 aromatic rings. The molecule has 1 aliphatic heterocycles. The number of hydrogen-bond acceptors (Lipinski definition) is 7. The summed E-state index contributed by atoms with van der Waals surface area (Å²) in [6.45, 7) is 5.44. The lowest BCUT2D eigenvalue weighted by Crippen LogP contribution is -2.50. The van der Waals surface area contributed by atoms with E-state index in [0.717, 1.165) is 75.7 Å². The second-order valence-electron chi connectivity index (χ2n) is 9.52. The Labute approximate surface area is 229 Å². The summed E-state index contributed by atoms with van der Waals surface area (Å²) in [5.41, 5.74) is 1.16. The lowest BCUT2D eigenvalue weighted by atomic mass is 9.88. The van der Waals surface area contributed by atoms with Crippen molar-refractivity contribution in [3.63, 3.8) is 0 Å². The number of carboxylic acids is 2. The number of nitrogens with zero attached hydrogens (tertiary/aromatic N) is 4. The van der Waals surface area contributed by atoms with Crippen LogP contribution in [0.3, 0.4) is 0 Å². The number of aliphatic carboxylic acids is 2. The SMILES string of the molecule is COc1ccccc1N1CCN(CCN(C(=O)C2CCCCC2)c2ccccn2)CC1.O=C(O)/C=C/C(=O)O. The van der Waals surface area contributed by atoms with Gasteiger partial charge in [0, 0.05) is 63.5 Å². The Balaban J connectivity index is 0.000000459. The fourth-order valence-corrected chi connectivity index (χ4v) is 4.91. The first kappa shape index (κ1) is 29.6. The zero-order valence-electron chi connectivity index (χ0n) is 22.4. The molecule has 4 rings (SSSR count). The van der Waals surface area contributed by atoms with Gasteiger partial charge in [-0.3, -0.25) is 14.6 Å². The van der Waals surface area contributed by atoms with Crippen LogP contribution < -0.4 is 14.5 Å². The van der Waals surface area contributed by atoms with Gasteiger partial charge in [0.25, 0.3) is 0 Å². The van der Waals surface area contributed by atoms with Gasteiger partial charge in [-0.1, -0.05) is 37.5 Å². The molecule has 1 saturated heterocycles. The quantitative estimate of drug-likeness (QED) is 0.462. The summed E-state index contributed by atoms with van der Waals surface area (Å²) in [4.78, 5) is 43.7. The summed E-state index contributed by atoms with van der Waals surface area (Å²) in [5, 5.41) is 15.6. The van der Waals surface area contributed by atoms with Gasteiger partial charge in [-0.05, 0) is 37.1 Å². The number of methoxy groups -OCH3 is 1. The Morgan fingerprint density at radius 2 is 1.59 bits per heavy atom. The van der Waals surface area contributed by atoms with E-state index >= 15 is 0 Å². The molecule has 1 aromatic carbocycles. The zero-order valence-corrected chi connectivity index (χ0v) is 22.4. The van der Waals surface area contributed by atoms with Gasteiger partial charge in [-0.25, -0.2) is 14.6 Å². The van der Waals surface area contributed by atoms with Crippen LogP contribution in [0.1, 0.15) is 32.1 Å². The molecular weight excluding hydrogens is 500 g/mol. The summed E-state index contributed by atoms with van der Waals surface area (Å²) in [6.07, 6.45) is 8.51. The summed E-state index contributed by atoms with van der Waals surface area (Å²) >= 11 is 0. The molecule has 1 aromatic heterocycles. The third-order valence-corrected chi connectivity index (χ3v) is 6.95. The highest BCUT2D eigenvalue weighted by Gasteiger charge is 2.28. The van der Waals surface area contributed by atoms with E-state index < -0.39 is 11.9 Å². The maximum atomic E-state index is 13.3. The Morgan fingerprint density at radius 3 is 2.18 bits per heavy atom. The van der Waals surface area contributed by atoms with Gasteiger partial charge in [0.15, 0.2) is 0 Å². The van der Waals surface area contributed by atoms with E-state index in [-0.39, 0.29) is 11.8 Å². The number of rotatable bonds is 9. The van der Waals surface area contributed by atoms with Gasteiger partial charge in [0.05, 0.1) is 12.8 Å². The third-order valence-electron chi connectivity index (χ3n) is 6.95. The topological polar surface area (TPSA) is 124 Å². The number of ether oxygens (including phenoxy) is 1. The van der Waals surface area contributed by atoms with E-state index in [1.54, 1.807) is 13.3 Å². The Bertz CT molecular complexity index is 1080. The van der Waals surface area contributed by atoms with E-state index in [9.17, 15) is 14.4 Å². The highest BCUT2D eigenvalue weighted by atomic mass is 16.5. The molecule has 0 spiro atoms. The third kappa shape index (κ3) is 9.40. The number of pyridine rings is 1. The Kier molecular flexibility index (Phi) is 11.8. The molecule has 210 valence electrons. The van der Waals surface area contributed by atoms with Crippen LogP contribution in [0.25, 0.3) is 0 Å². The number of benzene rings is 1. The van der Waals surface area contributed by atoms with Crippen molar-refractivity contribution in [1.82, 2.24) is 9.88 Å². The van der Waals surface area contributed by atoms with Crippen molar-refractivity contribution < 1.29 is 29.3 Å². The standard InChI is InChI=1S/C25H34N4O2.C4H4O4/c1-31-23-12-6-5-11-22(23)28-18-15-27(16-19-28)17-20-29(24-13-7-8-14-26-24)25(30)21-9-3-2-4-10-21;5-3(6)1-2-4(7)8/h5-8,11-14,21H,2-4,9-10,15-20H2,1H3;1-2H,(H,5,6)(H,7,8)/b;2-1+. The molecule has 1 saturated carbocycles. The Morgan fingerprint density at radius 1 is 0.949 bits per heavy atom. The van der Waals surface area contributed by atoms with Crippen molar-refractivity contribution >= 4 is 29.4 Å². The van der Waals surface area contributed by atoms with Gasteiger partial charge < -0.3 is 19.8 Å². The van der Waals surface area contributed by atoms with Gasteiger partial charge in [-0.15, -0.1) is 0 Å². The van der Waals surface area contributed by atoms with Gasteiger partial charge in [0.1, 0.15) is 11.6 Å². The largest absolute Gasteiger partial charge is 0.495 e. The number of para-hydroxylation sites is 2. The first-order valence-corrected chi connectivity index (χ1v) is 13.4. The summed E-state index contributed by atoms with van der Waals surface area (Å²) in [5.74, 6) is -0.398. The van der Waals surface area contributed by atoms with Gasteiger partial charge in [-0.2, -0.15) is 0 Å². The van der Waals surface area contributed by atoms with Crippen molar-refractivity contribution in [3.05, 3.63) is 60.8 Å². The molecule has 0 radical (unpaired) electrons. The molecule has 0 unspecified atom stereocenters. The predicted molar refractivity (Wildman–Crippen MR) is 149 cm³/mol.